The molecule has 0 saturated carbocycles. The van der Waals surface area contributed by atoms with E-state index in [0.717, 1.165) is 32.2 Å². The normalized spacial score (nSPS) is 22.3. The van der Waals surface area contributed by atoms with Crippen LogP contribution in [0.5, 0.6) is 0 Å². The lowest BCUT2D eigenvalue weighted by Gasteiger charge is -2.51. The van der Waals surface area contributed by atoms with Crippen LogP contribution in [0.3, 0.4) is 0 Å². The van der Waals surface area contributed by atoms with Gasteiger partial charge in [0, 0.05) is 39.1 Å². The molecule has 10 heteroatoms. The third-order valence-corrected chi connectivity index (χ3v) is 4.46. The van der Waals surface area contributed by atoms with Gasteiger partial charge in [0.15, 0.2) is 0 Å². The van der Waals surface area contributed by atoms with E-state index in [0.29, 0.717) is 11.5 Å². The second-order valence-corrected chi connectivity index (χ2v) is 6.34. The first kappa shape index (κ1) is 19.4. The number of nitrogens with zero attached hydrogens (tertiary/aromatic N) is 4. The van der Waals surface area contributed by atoms with E-state index >= 15 is 0 Å². The fourth-order valence-electron chi connectivity index (χ4n) is 3.32. The highest BCUT2D eigenvalue weighted by Gasteiger charge is 2.52. The molecule has 2 fully saturated rings. The number of halogens is 3. The summed E-state index contributed by atoms with van der Waals surface area (Å²) in [5, 5.41) is 7.12. The van der Waals surface area contributed by atoms with Gasteiger partial charge in [0.25, 0.3) is 0 Å². The van der Waals surface area contributed by atoms with Crippen molar-refractivity contribution < 1.29 is 27.8 Å². The van der Waals surface area contributed by atoms with Gasteiger partial charge in [-0.15, -0.1) is 0 Å². The quantitative estimate of drug-likeness (QED) is 0.867. The number of anilines is 1. The lowest BCUT2D eigenvalue weighted by Crippen LogP contribution is -2.67. The van der Waals surface area contributed by atoms with Crippen LogP contribution in [-0.2, 0) is 9.53 Å². The molecule has 0 amide bonds. The summed E-state index contributed by atoms with van der Waals surface area (Å²) in [6.07, 6.45) is -0.250. The number of hydrogen-bond acceptors (Lipinski definition) is 6. The van der Waals surface area contributed by atoms with Crippen molar-refractivity contribution in [1.29, 1.82) is 0 Å². The number of hydrogen-bond donors (Lipinski definition) is 1. The van der Waals surface area contributed by atoms with E-state index in [2.05, 4.69) is 26.8 Å². The lowest BCUT2D eigenvalue weighted by molar-refractivity contribution is -0.192. The number of carboxylic acid groups (broad SMARTS) is 1. The molecule has 7 nitrogen and oxygen atoms in total. The Kier molecular flexibility index (Phi) is 5.83. The van der Waals surface area contributed by atoms with Crippen LogP contribution in [-0.4, -0.2) is 78.1 Å². The molecule has 3 heterocycles. The Morgan fingerprint density at radius 2 is 1.96 bits per heavy atom. The predicted octanol–water partition coefficient (Wildman–Crippen LogP) is 1.27. The Balaban J connectivity index is 0.000000277. The van der Waals surface area contributed by atoms with Crippen molar-refractivity contribution in [2.75, 3.05) is 45.3 Å². The summed E-state index contributed by atoms with van der Waals surface area (Å²) in [6, 6.07) is 1.86. The van der Waals surface area contributed by atoms with Gasteiger partial charge in [-0.1, -0.05) is 0 Å². The third kappa shape index (κ3) is 4.57. The first-order valence-corrected chi connectivity index (χ1v) is 7.70. The van der Waals surface area contributed by atoms with Gasteiger partial charge in [-0.2, -0.15) is 13.2 Å². The number of alkyl halides is 3. The number of likely N-dealkylation sites (tertiary alicyclic amines) is 1. The zero-order chi connectivity index (χ0) is 18.7. The summed E-state index contributed by atoms with van der Waals surface area (Å²) >= 11 is 0. The van der Waals surface area contributed by atoms with Crippen LogP contribution in [0.25, 0.3) is 0 Å². The molecule has 140 valence electrons. The average molecular weight is 362 g/mol. The zero-order valence-electron chi connectivity index (χ0n) is 14.0. The number of aromatic nitrogens is 2. The van der Waals surface area contributed by atoms with E-state index in [1.807, 2.05) is 6.07 Å². The Morgan fingerprint density at radius 3 is 2.44 bits per heavy atom. The van der Waals surface area contributed by atoms with Gasteiger partial charge in [0.1, 0.15) is 0 Å². The molecule has 1 atom stereocenters. The molecule has 1 aromatic rings. The Bertz CT molecular complexity index is 579. The second kappa shape index (κ2) is 7.52. The van der Waals surface area contributed by atoms with E-state index in [1.165, 1.54) is 6.42 Å². The van der Waals surface area contributed by atoms with Gasteiger partial charge < -0.3 is 14.7 Å². The molecule has 0 bridgehead atoms. The first-order chi connectivity index (χ1) is 11.7. The highest BCUT2D eigenvalue weighted by atomic mass is 19.4. The number of ether oxygens (including phenoxy) is 1. The van der Waals surface area contributed by atoms with Gasteiger partial charge in [-0.05, 0) is 25.5 Å². The van der Waals surface area contributed by atoms with Crippen molar-refractivity contribution in [3.8, 4) is 0 Å². The number of carbonyl (C=O) groups is 1. The molecule has 1 aromatic heterocycles. The summed E-state index contributed by atoms with van der Waals surface area (Å²) in [5.41, 5.74) is 0.322. The molecule has 2 aliphatic heterocycles. The van der Waals surface area contributed by atoms with Crippen LogP contribution in [0.1, 0.15) is 6.42 Å². The van der Waals surface area contributed by atoms with Gasteiger partial charge >= 0.3 is 12.1 Å². The number of likely N-dealkylation sites (N-methyl/N-ethyl adjacent to an activating group) is 1. The SMILES string of the molecule is COCC1CN(C)C2(C1)CN(c1ncccn1)C2.O=C(O)C(F)(F)F. The standard InChI is InChI=1S/C13H20N4O.C2HF3O2/c1-16-7-11(8-18-2)6-13(16)9-17(10-13)12-14-4-3-5-15-12;3-2(4,5)1(6)7/h3-5,11H,6-10H2,1-2H3;(H,6,7). The maximum absolute atomic E-state index is 10.6. The average Bonchev–Trinajstić information content (AvgIpc) is 2.83. The molecule has 1 unspecified atom stereocenters. The van der Waals surface area contributed by atoms with Crippen LogP contribution < -0.4 is 4.90 Å². The largest absolute Gasteiger partial charge is 0.490 e. The van der Waals surface area contributed by atoms with Crippen molar-refractivity contribution in [3.63, 3.8) is 0 Å². The van der Waals surface area contributed by atoms with E-state index in [1.54, 1.807) is 19.5 Å². The zero-order valence-corrected chi connectivity index (χ0v) is 14.0. The third-order valence-electron chi connectivity index (χ3n) is 4.46. The van der Waals surface area contributed by atoms with E-state index < -0.39 is 12.1 Å². The fraction of sp³-hybridized carbons (Fsp3) is 0.667. The predicted molar refractivity (Wildman–Crippen MR) is 83.3 cm³/mol. The molecular weight excluding hydrogens is 341 g/mol. The first-order valence-electron chi connectivity index (χ1n) is 7.70. The summed E-state index contributed by atoms with van der Waals surface area (Å²) in [6.45, 7) is 4.08. The van der Waals surface area contributed by atoms with Crippen molar-refractivity contribution in [3.05, 3.63) is 18.5 Å². The fourth-order valence-corrected chi connectivity index (χ4v) is 3.32. The number of aliphatic carboxylic acids is 1. The molecule has 1 N–H and O–H groups in total. The van der Waals surface area contributed by atoms with Crippen LogP contribution in [0.4, 0.5) is 19.1 Å². The van der Waals surface area contributed by atoms with Gasteiger partial charge in [-0.25, -0.2) is 14.8 Å². The summed E-state index contributed by atoms with van der Waals surface area (Å²) in [5.74, 6) is -1.24. The Hall–Kier alpha value is -1.94. The topological polar surface area (TPSA) is 78.8 Å². The van der Waals surface area contributed by atoms with Crippen molar-refractivity contribution in [2.24, 2.45) is 5.92 Å². The molecule has 0 aliphatic carbocycles. The summed E-state index contributed by atoms with van der Waals surface area (Å²) < 4.78 is 37.0. The highest BCUT2D eigenvalue weighted by molar-refractivity contribution is 5.73. The maximum atomic E-state index is 10.6. The second-order valence-electron chi connectivity index (χ2n) is 6.34. The Morgan fingerprint density at radius 1 is 1.40 bits per heavy atom. The van der Waals surface area contributed by atoms with Crippen molar-refractivity contribution >= 4 is 11.9 Å². The maximum Gasteiger partial charge on any atom is 0.490 e. The minimum Gasteiger partial charge on any atom is -0.475 e. The number of carboxylic acids is 1. The van der Waals surface area contributed by atoms with Crippen molar-refractivity contribution in [1.82, 2.24) is 14.9 Å². The van der Waals surface area contributed by atoms with Gasteiger partial charge in [-0.3, -0.25) is 4.90 Å². The summed E-state index contributed by atoms with van der Waals surface area (Å²) in [4.78, 5) is 22.2. The molecule has 2 aliphatic rings. The van der Waals surface area contributed by atoms with Crippen LogP contribution in [0.15, 0.2) is 18.5 Å². The lowest BCUT2D eigenvalue weighted by atomic mass is 9.85. The minimum atomic E-state index is -5.08. The molecule has 0 radical (unpaired) electrons. The minimum absolute atomic E-state index is 0.322. The van der Waals surface area contributed by atoms with Crippen LogP contribution >= 0.6 is 0 Å². The Labute approximate surface area is 143 Å². The number of methoxy groups -OCH3 is 1. The molecular formula is C15H21F3N4O3. The summed E-state index contributed by atoms with van der Waals surface area (Å²) in [7, 11) is 4.01. The van der Waals surface area contributed by atoms with E-state index in [-0.39, 0.29) is 0 Å². The smallest absolute Gasteiger partial charge is 0.475 e. The molecule has 3 rings (SSSR count). The van der Waals surface area contributed by atoms with Crippen LogP contribution in [0.2, 0.25) is 0 Å². The number of rotatable bonds is 3. The van der Waals surface area contributed by atoms with Gasteiger partial charge in [0.05, 0.1) is 12.1 Å². The highest BCUT2D eigenvalue weighted by Crippen LogP contribution is 2.40. The molecule has 1 spiro atoms. The monoisotopic (exact) mass is 362 g/mol. The van der Waals surface area contributed by atoms with E-state index in [4.69, 9.17) is 14.6 Å². The molecule has 25 heavy (non-hydrogen) atoms. The van der Waals surface area contributed by atoms with Crippen molar-refractivity contribution in [2.45, 2.75) is 18.1 Å². The molecule has 2 saturated heterocycles. The molecule has 0 aromatic carbocycles. The van der Waals surface area contributed by atoms with Crippen LogP contribution in [0, 0.1) is 5.92 Å². The van der Waals surface area contributed by atoms with E-state index in [9.17, 15) is 13.2 Å². The van der Waals surface area contributed by atoms with Gasteiger partial charge in [0.2, 0.25) is 5.95 Å².